The Morgan fingerprint density at radius 2 is 2.13 bits per heavy atom. The molecule has 1 heterocycles. The van der Waals surface area contributed by atoms with Crippen molar-refractivity contribution in [3.8, 4) is 0 Å². The Bertz CT molecular complexity index is 686. The number of nitrogens with one attached hydrogen (secondary N) is 1. The average Bonchev–Trinajstić information content (AvgIpc) is 2.79. The van der Waals surface area contributed by atoms with Crippen LogP contribution in [0, 0.1) is 0 Å². The van der Waals surface area contributed by atoms with Crippen LogP contribution in [0.3, 0.4) is 0 Å². The summed E-state index contributed by atoms with van der Waals surface area (Å²) in [6.07, 6.45) is 1.60. The molecule has 1 aromatic heterocycles. The minimum absolute atomic E-state index is 0.104. The van der Waals surface area contributed by atoms with E-state index in [4.69, 9.17) is 4.74 Å². The number of ether oxygens (including phenoxy) is 1. The first-order valence-electron chi connectivity index (χ1n) is 7.94. The van der Waals surface area contributed by atoms with E-state index in [0.29, 0.717) is 11.5 Å². The summed E-state index contributed by atoms with van der Waals surface area (Å²) in [6.45, 7) is 8.30. The van der Waals surface area contributed by atoms with E-state index in [1.807, 2.05) is 37.5 Å². The smallest absolute Gasteiger partial charge is 0.412 e. The van der Waals surface area contributed by atoms with Crippen molar-refractivity contribution < 1.29 is 14.6 Å². The van der Waals surface area contributed by atoms with Gasteiger partial charge in [-0.25, -0.2) is 9.78 Å². The molecule has 2 aromatic rings. The molecule has 0 saturated carbocycles. The highest BCUT2D eigenvalue weighted by molar-refractivity contribution is 5.89. The molecule has 0 saturated heterocycles. The quantitative estimate of drug-likeness (QED) is 0.881. The minimum Gasteiger partial charge on any atom is -0.444 e. The topological polar surface area (TPSA) is 76.4 Å². The molecule has 2 N–H and O–H groups in total. The summed E-state index contributed by atoms with van der Waals surface area (Å²) >= 11 is 0. The van der Waals surface area contributed by atoms with Gasteiger partial charge < -0.3 is 14.4 Å². The molecule has 1 aromatic carbocycles. The van der Waals surface area contributed by atoms with Gasteiger partial charge >= 0.3 is 6.09 Å². The maximum absolute atomic E-state index is 11.8. The van der Waals surface area contributed by atoms with Crippen LogP contribution in [0.25, 0.3) is 11.0 Å². The highest BCUT2D eigenvalue weighted by atomic mass is 16.6. The number of aliphatic hydroxyl groups excluding tert-OH is 1. The lowest BCUT2D eigenvalue weighted by atomic mass is 10.2. The third-order valence-corrected chi connectivity index (χ3v) is 3.35. The highest BCUT2D eigenvalue weighted by Gasteiger charge is 2.17. The fourth-order valence-corrected chi connectivity index (χ4v) is 2.37. The molecule has 23 heavy (non-hydrogen) atoms. The number of hydrogen-bond acceptors (Lipinski definition) is 4. The van der Waals surface area contributed by atoms with E-state index >= 15 is 0 Å². The third kappa shape index (κ3) is 4.45. The number of carbonyl (C=O) groups is 1. The van der Waals surface area contributed by atoms with Crippen molar-refractivity contribution >= 4 is 22.8 Å². The number of aromatic nitrogens is 2. The van der Waals surface area contributed by atoms with Gasteiger partial charge in [-0.05, 0) is 45.4 Å². The molecule has 0 fully saturated rings. The van der Waals surface area contributed by atoms with Crippen molar-refractivity contribution in [2.45, 2.75) is 59.3 Å². The maximum atomic E-state index is 11.8. The molecular weight excluding hydrogens is 294 g/mol. The molecule has 0 aliphatic rings. The molecular formula is C17H25N3O3. The Labute approximate surface area is 136 Å². The molecule has 0 aliphatic carbocycles. The second kappa shape index (κ2) is 7.00. The third-order valence-electron chi connectivity index (χ3n) is 3.35. The number of anilines is 1. The van der Waals surface area contributed by atoms with Crippen LogP contribution in [0.2, 0.25) is 0 Å². The van der Waals surface area contributed by atoms with Crippen molar-refractivity contribution in [1.29, 1.82) is 0 Å². The number of hydrogen-bond donors (Lipinski definition) is 2. The predicted molar refractivity (Wildman–Crippen MR) is 90.4 cm³/mol. The van der Waals surface area contributed by atoms with Crippen LogP contribution in [-0.4, -0.2) is 26.4 Å². The lowest BCUT2D eigenvalue weighted by Gasteiger charge is -2.19. The SMILES string of the molecule is CCCCn1c(CO)nc2cc(NC(=O)OC(C)(C)C)ccc21. The van der Waals surface area contributed by atoms with E-state index in [2.05, 4.69) is 17.2 Å². The Morgan fingerprint density at radius 3 is 2.74 bits per heavy atom. The van der Waals surface area contributed by atoms with E-state index in [0.717, 1.165) is 30.4 Å². The standard InChI is InChI=1S/C17H25N3O3/c1-5-6-9-20-14-8-7-12(10-13(14)19-15(20)11-21)18-16(22)23-17(2,3)4/h7-8,10,21H,5-6,9,11H2,1-4H3,(H,18,22). The fourth-order valence-electron chi connectivity index (χ4n) is 2.37. The molecule has 0 radical (unpaired) electrons. The number of carbonyl (C=O) groups excluding carboxylic acids is 1. The minimum atomic E-state index is -0.542. The zero-order chi connectivity index (χ0) is 17.0. The first kappa shape index (κ1) is 17.3. The normalized spacial score (nSPS) is 11.7. The van der Waals surface area contributed by atoms with Crippen LogP contribution in [0.1, 0.15) is 46.4 Å². The number of aryl methyl sites for hydroxylation is 1. The van der Waals surface area contributed by atoms with E-state index in [9.17, 15) is 9.90 Å². The lowest BCUT2D eigenvalue weighted by Crippen LogP contribution is -2.27. The molecule has 0 bridgehead atoms. The Balaban J connectivity index is 2.24. The lowest BCUT2D eigenvalue weighted by molar-refractivity contribution is 0.0636. The van der Waals surface area contributed by atoms with E-state index in [-0.39, 0.29) is 6.61 Å². The van der Waals surface area contributed by atoms with Crippen LogP contribution in [0.5, 0.6) is 0 Å². The molecule has 126 valence electrons. The Hall–Kier alpha value is -2.08. The Kier molecular flexibility index (Phi) is 5.26. The maximum Gasteiger partial charge on any atom is 0.412 e. The first-order valence-corrected chi connectivity index (χ1v) is 7.94. The van der Waals surface area contributed by atoms with Crippen molar-refractivity contribution in [2.24, 2.45) is 0 Å². The number of benzene rings is 1. The largest absolute Gasteiger partial charge is 0.444 e. The van der Waals surface area contributed by atoms with Gasteiger partial charge in [0.2, 0.25) is 0 Å². The molecule has 0 unspecified atom stereocenters. The second-order valence-electron chi connectivity index (χ2n) is 6.52. The number of aliphatic hydroxyl groups is 1. The van der Waals surface area contributed by atoms with Crippen LogP contribution in [0.15, 0.2) is 18.2 Å². The summed E-state index contributed by atoms with van der Waals surface area (Å²) < 4.78 is 7.27. The summed E-state index contributed by atoms with van der Waals surface area (Å²) in [6, 6.07) is 5.52. The molecule has 1 amide bonds. The van der Waals surface area contributed by atoms with Gasteiger partial charge in [-0.3, -0.25) is 5.32 Å². The summed E-state index contributed by atoms with van der Waals surface area (Å²) in [4.78, 5) is 16.3. The van der Waals surface area contributed by atoms with E-state index < -0.39 is 11.7 Å². The van der Waals surface area contributed by atoms with Gasteiger partial charge in [-0.2, -0.15) is 0 Å². The van der Waals surface area contributed by atoms with E-state index in [1.165, 1.54) is 0 Å². The molecule has 6 heteroatoms. The van der Waals surface area contributed by atoms with Gasteiger partial charge in [-0.15, -0.1) is 0 Å². The van der Waals surface area contributed by atoms with Crippen LogP contribution in [0.4, 0.5) is 10.5 Å². The van der Waals surface area contributed by atoms with Crippen molar-refractivity contribution in [3.63, 3.8) is 0 Å². The second-order valence-corrected chi connectivity index (χ2v) is 6.52. The van der Waals surface area contributed by atoms with Gasteiger partial charge in [0, 0.05) is 12.2 Å². The van der Waals surface area contributed by atoms with Crippen LogP contribution in [-0.2, 0) is 17.9 Å². The summed E-state index contributed by atoms with van der Waals surface area (Å²) in [5.41, 5.74) is 1.78. The molecule has 0 spiro atoms. The average molecular weight is 319 g/mol. The summed E-state index contributed by atoms with van der Waals surface area (Å²) in [5.74, 6) is 0.642. The van der Waals surface area contributed by atoms with Gasteiger partial charge in [0.15, 0.2) is 0 Å². The van der Waals surface area contributed by atoms with Gasteiger partial charge in [0.25, 0.3) is 0 Å². The van der Waals surface area contributed by atoms with Crippen molar-refractivity contribution in [1.82, 2.24) is 9.55 Å². The number of fused-ring (bicyclic) bond motifs is 1. The number of amides is 1. The predicted octanol–water partition coefficient (Wildman–Crippen LogP) is 3.68. The van der Waals surface area contributed by atoms with E-state index in [1.54, 1.807) is 6.07 Å². The van der Waals surface area contributed by atoms with Crippen molar-refractivity contribution in [3.05, 3.63) is 24.0 Å². The van der Waals surface area contributed by atoms with Crippen LogP contribution >= 0.6 is 0 Å². The molecule has 6 nitrogen and oxygen atoms in total. The van der Waals surface area contributed by atoms with Crippen LogP contribution < -0.4 is 5.32 Å². The Morgan fingerprint density at radius 1 is 1.39 bits per heavy atom. The number of unbranched alkanes of at least 4 members (excludes halogenated alkanes) is 1. The highest BCUT2D eigenvalue weighted by Crippen LogP contribution is 2.22. The van der Waals surface area contributed by atoms with Gasteiger partial charge in [0.05, 0.1) is 11.0 Å². The zero-order valence-corrected chi connectivity index (χ0v) is 14.2. The van der Waals surface area contributed by atoms with Gasteiger partial charge in [-0.1, -0.05) is 13.3 Å². The summed E-state index contributed by atoms with van der Waals surface area (Å²) in [5, 5.41) is 12.2. The van der Waals surface area contributed by atoms with Gasteiger partial charge in [0.1, 0.15) is 18.0 Å². The van der Waals surface area contributed by atoms with Crippen molar-refractivity contribution in [2.75, 3.05) is 5.32 Å². The number of imidazole rings is 1. The molecule has 2 rings (SSSR count). The fraction of sp³-hybridized carbons (Fsp3) is 0.529. The number of nitrogens with zero attached hydrogens (tertiary/aromatic N) is 2. The number of rotatable bonds is 5. The first-order chi connectivity index (χ1) is 10.8. The molecule has 0 aliphatic heterocycles. The summed E-state index contributed by atoms with van der Waals surface area (Å²) in [7, 11) is 0. The zero-order valence-electron chi connectivity index (χ0n) is 14.2. The monoisotopic (exact) mass is 319 g/mol. The molecule has 0 atom stereocenters.